The molecular weight excluding hydrogens is 178 g/mol. The number of benzene rings is 1. The van der Waals surface area contributed by atoms with Crippen LogP contribution < -0.4 is 0 Å². The molecule has 1 aromatic carbocycles. The van der Waals surface area contributed by atoms with Gasteiger partial charge in [0, 0.05) is 11.6 Å². The zero-order valence-electron chi connectivity index (χ0n) is 8.83. The van der Waals surface area contributed by atoms with Crippen LogP contribution in [0.25, 0.3) is 0 Å². The van der Waals surface area contributed by atoms with E-state index in [0.717, 1.165) is 29.5 Å². The number of aryl methyl sites for hydroxylation is 3. The molecule has 1 aromatic rings. The Bertz CT molecular complexity index is 359. The third-order valence-corrected chi connectivity index (χ3v) is 2.41. The van der Waals surface area contributed by atoms with Gasteiger partial charge in [-0.05, 0) is 37.5 Å². The highest BCUT2D eigenvalue weighted by Gasteiger charge is 2.13. The highest BCUT2D eigenvalue weighted by atomic mass is 16.6. The van der Waals surface area contributed by atoms with Gasteiger partial charge in [0.05, 0.1) is 4.92 Å². The summed E-state index contributed by atoms with van der Waals surface area (Å²) in [6.07, 6.45) is 1.71. The van der Waals surface area contributed by atoms with Gasteiger partial charge in [-0.25, -0.2) is 0 Å². The third kappa shape index (κ3) is 2.10. The van der Waals surface area contributed by atoms with Gasteiger partial charge in [0.1, 0.15) is 0 Å². The molecule has 0 fully saturated rings. The molecule has 0 bridgehead atoms. The van der Waals surface area contributed by atoms with Crippen LogP contribution >= 0.6 is 0 Å². The summed E-state index contributed by atoms with van der Waals surface area (Å²) in [6, 6.07) is 3.59. The van der Waals surface area contributed by atoms with Crippen LogP contribution in [0, 0.1) is 24.0 Å². The van der Waals surface area contributed by atoms with E-state index in [-0.39, 0.29) is 10.6 Å². The van der Waals surface area contributed by atoms with Gasteiger partial charge in [-0.2, -0.15) is 0 Å². The smallest absolute Gasteiger partial charge is 0.258 e. The van der Waals surface area contributed by atoms with Crippen LogP contribution in [-0.4, -0.2) is 4.92 Å². The van der Waals surface area contributed by atoms with Crippen molar-refractivity contribution < 1.29 is 4.92 Å². The fraction of sp³-hybridized carbons (Fsp3) is 0.455. The minimum atomic E-state index is -0.294. The minimum Gasteiger partial charge on any atom is -0.258 e. The van der Waals surface area contributed by atoms with Crippen LogP contribution in [0.3, 0.4) is 0 Å². The van der Waals surface area contributed by atoms with Crippen molar-refractivity contribution in [1.82, 2.24) is 0 Å². The predicted molar refractivity (Wildman–Crippen MR) is 56.6 cm³/mol. The lowest BCUT2D eigenvalue weighted by molar-refractivity contribution is -0.385. The molecular formula is C11H15NO2. The van der Waals surface area contributed by atoms with E-state index < -0.39 is 0 Å². The van der Waals surface area contributed by atoms with Crippen molar-refractivity contribution >= 4 is 5.69 Å². The van der Waals surface area contributed by atoms with Crippen molar-refractivity contribution in [3.05, 3.63) is 38.9 Å². The lowest BCUT2D eigenvalue weighted by Gasteiger charge is -2.05. The summed E-state index contributed by atoms with van der Waals surface area (Å²) in [4.78, 5) is 10.5. The SMILES string of the molecule is CCCc1cc(C)c(C)cc1[N+](=O)[O-]. The van der Waals surface area contributed by atoms with E-state index in [2.05, 4.69) is 0 Å². The monoisotopic (exact) mass is 193 g/mol. The molecule has 0 aliphatic rings. The van der Waals surface area contributed by atoms with E-state index in [0.29, 0.717) is 0 Å². The molecule has 14 heavy (non-hydrogen) atoms. The summed E-state index contributed by atoms with van der Waals surface area (Å²) in [7, 11) is 0. The predicted octanol–water partition coefficient (Wildman–Crippen LogP) is 3.16. The zero-order valence-corrected chi connectivity index (χ0v) is 8.83. The third-order valence-electron chi connectivity index (χ3n) is 2.41. The van der Waals surface area contributed by atoms with Gasteiger partial charge < -0.3 is 0 Å². The fourth-order valence-electron chi connectivity index (χ4n) is 1.50. The first-order valence-electron chi connectivity index (χ1n) is 4.80. The molecule has 0 spiro atoms. The average molecular weight is 193 g/mol. The highest BCUT2D eigenvalue weighted by Crippen LogP contribution is 2.24. The van der Waals surface area contributed by atoms with Crippen molar-refractivity contribution in [1.29, 1.82) is 0 Å². The van der Waals surface area contributed by atoms with E-state index >= 15 is 0 Å². The molecule has 76 valence electrons. The Kier molecular flexibility index (Phi) is 3.23. The molecule has 0 heterocycles. The van der Waals surface area contributed by atoms with E-state index in [1.54, 1.807) is 6.07 Å². The second kappa shape index (κ2) is 4.22. The van der Waals surface area contributed by atoms with Gasteiger partial charge >= 0.3 is 0 Å². The van der Waals surface area contributed by atoms with Gasteiger partial charge in [0.25, 0.3) is 5.69 Å². The number of rotatable bonds is 3. The van der Waals surface area contributed by atoms with E-state index in [1.165, 1.54) is 0 Å². The summed E-state index contributed by atoms with van der Waals surface area (Å²) in [5.74, 6) is 0. The quantitative estimate of drug-likeness (QED) is 0.546. The Hall–Kier alpha value is -1.38. The Balaban J connectivity index is 3.24. The Morgan fingerprint density at radius 1 is 1.29 bits per heavy atom. The van der Waals surface area contributed by atoms with E-state index in [4.69, 9.17) is 0 Å². The van der Waals surface area contributed by atoms with Crippen molar-refractivity contribution in [3.8, 4) is 0 Å². The maximum absolute atomic E-state index is 10.8. The molecule has 0 radical (unpaired) electrons. The fourth-order valence-corrected chi connectivity index (χ4v) is 1.50. The zero-order chi connectivity index (χ0) is 10.7. The highest BCUT2D eigenvalue weighted by molar-refractivity contribution is 5.46. The normalized spacial score (nSPS) is 10.2. The number of nitro benzene ring substituents is 1. The van der Waals surface area contributed by atoms with Crippen molar-refractivity contribution in [2.45, 2.75) is 33.6 Å². The topological polar surface area (TPSA) is 43.1 Å². The molecule has 0 atom stereocenters. The molecule has 0 aromatic heterocycles. The Labute approximate surface area is 83.9 Å². The van der Waals surface area contributed by atoms with Crippen LogP contribution in [0.5, 0.6) is 0 Å². The first kappa shape index (κ1) is 10.7. The standard InChI is InChI=1S/C11H15NO2/c1-4-5-10-6-8(2)9(3)7-11(10)12(13)14/h6-7H,4-5H2,1-3H3. The largest absolute Gasteiger partial charge is 0.272 e. The number of hydrogen-bond donors (Lipinski definition) is 0. The summed E-state index contributed by atoms with van der Waals surface area (Å²) in [5.41, 5.74) is 3.21. The lowest BCUT2D eigenvalue weighted by Crippen LogP contribution is -1.97. The summed E-state index contributed by atoms with van der Waals surface area (Å²) in [6.45, 7) is 5.91. The van der Waals surface area contributed by atoms with Gasteiger partial charge in [0.15, 0.2) is 0 Å². The summed E-state index contributed by atoms with van der Waals surface area (Å²) < 4.78 is 0. The summed E-state index contributed by atoms with van der Waals surface area (Å²) in [5, 5.41) is 10.8. The van der Waals surface area contributed by atoms with Gasteiger partial charge in [-0.3, -0.25) is 10.1 Å². The van der Waals surface area contributed by atoms with E-state index in [1.807, 2.05) is 26.8 Å². The van der Waals surface area contributed by atoms with Crippen molar-refractivity contribution in [2.75, 3.05) is 0 Å². The summed E-state index contributed by atoms with van der Waals surface area (Å²) >= 11 is 0. The molecule has 0 saturated carbocycles. The molecule has 0 aliphatic carbocycles. The Morgan fingerprint density at radius 3 is 2.36 bits per heavy atom. The molecule has 0 amide bonds. The van der Waals surface area contributed by atoms with Crippen LogP contribution in [-0.2, 0) is 6.42 Å². The van der Waals surface area contributed by atoms with Gasteiger partial charge in [0.2, 0.25) is 0 Å². The molecule has 0 N–H and O–H groups in total. The molecule has 0 aliphatic heterocycles. The molecule has 1 rings (SSSR count). The van der Waals surface area contributed by atoms with Crippen LogP contribution in [0.15, 0.2) is 12.1 Å². The maximum atomic E-state index is 10.8. The molecule has 3 heteroatoms. The van der Waals surface area contributed by atoms with Crippen molar-refractivity contribution in [2.24, 2.45) is 0 Å². The van der Waals surface area contributed by atoms with Gasteiger partial charge in [-0.1, -0.05) is 13.3 Å². The molecule has 0 saturated heterocycles. The second-order valence-electron chi connectivity index (χ2n) is 3.57. The number of nitro groups is 1. The van der Waals surface area contributed by atoms with Gasteiger partial charge in [-0.15, -0.1) is 0 Å². The molecule has 3 nitrogen and oxygen atoms in total. The average Bonchev–Trinajstić information content (AvgIpc) is 2.11. The van der Waals surface area contributed by atoms with Crippen molar-refractivity contribution in [3.63, 3.8) is 0 Å². The van der Waals surface area contributed by atoms with Crippen LogP contribution in [0.2, 0.25) is 0 Å². The van der Waals surface area contributed by atoms with Crippen LogP contribution in [0.1, 0.15) is 30.0 Å². The first-order chi connectivity index (χ1) is 6.56. The van der Waals surface area contributed by atoms with Crippen LogP contribution in [0.4, 0.5) is 5.69 Å². The van der Waals surface area contributed by atoms with E-state index in [9.17, 15) is 10.1 Å². The first-order valence-corrected chi connectivity index (χ1v) is 4.80. The maximum Gasteiger partial charge on any atom is 0.272 e. The Morgan fingerprint density at radius 2 is 1.86 bits per heavy atom. The minimum absolute atomic E-state index is 0.259. The molecule has 0 unspecified atom stereocenters. The number of hydrogen-bond acceptors (Lipinski definition) is 2. The lowest BCUT2D eigenvalue weighted by atomic mass is 10.0. The second-order valence-corrected chi connectivity index (χ2v) is 3.57. The number of nitrogens with zero attached hydrogens (tertiary/aromatic N) is 1.